The number of anilines is 1. The predicted octanol–water partition coefficient (Wildman–Crippen LogP) is 4.43. The van der Waals surface area contributed by atoms with Crippen molar-refractivity contribution in [2.45, 2.75) is 44.7 Å². The van der Waals surface area contributed by atoms with Gasteiger partial charge in [-0.2, -0.15) is 0 Å². The van der Waals surface area contributed by atoms with E-state index in [2.05, 4.69) is 14.9 Å². The molecule has 160 valence electrons. The van der Waals surface area contributed by atoms with Crippen molar-refractivity contribution >= 4 is 29.0 Å². The molecule has 8 heteroatoms. The second kappa shape index (κ2) is 9.34. The molecule has 1 N–H and O–H groups in total. The fraction of sp³-hybridized carbons (Fsp3) is 0.304. The van der Waals surface area contributed by atoms with Gasteiger partial charge in [-0.3, -0.25) is 14.5 Å². The van der Waals surface area contributed by atoms with Gasteiger partial charge in [0.1, 0.15) is 11.9 Å². The van der Waals surface area contributed by atoms with Crippen LogP contribution in [0.25, 0.3) is 0 Å². The lowest BCUT2D eigenvalue weighted by Gasteiger charge is -2.32. The Labute approximate surface area is 184 Å². The van der Waals surface area contributed by atoms with Crippen molar-refractivity contribution in [1.82, 2.24) is 14.9 Å². The molecular weight excluding hydrogens is 415 g/mol. The minimum absolute atomic E-state index is 0.0252. The van der Waals surface area contributed by atoms with Gasteiger partial charge in [0, 0.05) is 22.7 Å². The number of aromatic nitrogens is 2. The molecule has 1 atom stereocenters. The Morgan fingerprint density at radius 3 is 2.61 bits per heavy atom. The Morgan fingerprint density at radius 2 is 1.94 bits per heavy atom. The molecule has 1 aliphatic carbocycles. The number of rotatable bonds is 6. The quantitative estimate of drug-likeness (QED) is 0.618. The minimum Gasteiger partial charge on any atom is -0.351 e. The maximum Gasteiger partial charge on any atom is 0.280 e. The lowest BCUT2D eigenvalue weighted by atomic mass is 10.0. The van der Waals surface area contributed by atoms with E-state index < -0.39 is 23.7 Å². The normalized spacial score (nSPS) is 14.9. The summed E-state index contributed by atoms with van der Waals surface area (Å²) in [6.07, 6.45) is 3.84. The third-order valence-electron chi connectivity index (χ3n) is 5.49. The first-order chi connectivity index (χ1) is 15.0. The lowest BCUT2D eigenvalue weighted by Crippen LogP contribution is -2.46. The van der Waals surface area contributed by atoms with Crippen molar-refractivity contribution < 1.29 is 14.0 Å². The first kappa shape index (κ1) is 21.1. The number of nitrogens with zero attached hydrogens (tertiary/aromatic N) is 3. The number of amides is 2. The summed E-state index contributed by atoms with van der Waals surface area (Å²) in [5.74, 6) is -1.46. The van der Waals surface area contributed by atoms with Gasteiger partial charge in [-0.15, -0.1) is 5.10 Å². The molecule has 1 aromatic heterocycles. The zero-order valence-electron chi connectivity index (χ0n) is 17.1. The van der Waals surface area contributed by atoms with Crippen LogP contribution in [0.4, 0.5) is 10.1 Å². The van der Waals surface area contributed by atoms with E-state index in [1.54, 1.807) is 36.4 Å². The molecule has 6 nitrogen and oxygen atoms in total. The molecule has 1 saturated carbocycles. The first-order valence-corrected chi connectivity index (χ1v) is 11.1. The summed E-state index contributed by atoms with van der Waals surface area (Å²) in [5, 5.41) is 8.46. The van der Waals surface area contributed by atoms with Crippen molar-refractivity contribution in [3.63, 3.8) is 0 Å². The maximum atomic E-state index is 14.9. The summed E-state index contributed by atoms with van der Waals surface area (Å²) >= 11 is 1.05. The van der Waals surface area contributed by atoms with Crippen molar-refractivity contribution in [2.24, 2.45) is 0 Å². The third kappa shape index (κ3) is 4.64. The van der Waals surface area contributed by atoms with Crippen LogP contribution in [-0.4, -0.2) is 27.4 Å². The molecule has 4 rings (SSSR count). The minimum atomic E-state index is -1.18. The van der Waals surface area contributed by atoms with E-state index in [9.17, 15) is 14.0 Å². The monoisotopic (exact) mass is 438 g/mol. The highest BCUT2D eigenvalue weighted by Crippen LogP contribution is 2.32. The standard InChI is InChI=1S/C23H23FN4O2S/c1-15-7-6-10-17(13-15)28(23(30)20-14-31-27-26-20)21(18-11-4-5-12-19(18)24)22(29)25-16-8-2-3-9-16/h4-7,10-14,16,21H,2-3,8-9H2,1H3,(H,25,29)/t21-/m0/s1. The molecule has 1 fully saturated rings. The van der Waals surface area contributed by atoms with Crippen molar-refractivity contribution in [1.29, 1.82) is 0 Å². The predicted molar refractivity (Wildman–Crippen MR) is 117 cm³/mol. The SMILES string of the molecule is Cc1cccc(N(C(=O)c2csnn2)[C@H](C(=O)NC2CCCC2)c2ccccc2F)c1. The first-order valence-electron chi connectivity index (χ1n) is 10.3. The van der Waals surface area contributed by atoms with Crippen LogP contribution in [0.15, 0.2) is 53.9 Å². The summed E-state index contributed by atoms with van der Waals surface area (Å²) in [5.41, 5.74) is 1.65. The Hall–Kier alpha value is -3.13. The summed E-state index contributed by atoms with van der Waals surface area (Å²) in [4.78, 5) is 28.4. The van der Waals surface area contributed by atoms with Crippen LogP contribution in [0.5, 0.6) is 0 Å². The van der Waals surface area contributed by atoms with Crippen molar-refractivity contribution in [3.8, 4) is 0 Å². The molecule has 31 heavy (non-hydrogen) atoms. The molecular formula is C23H23FN4O2S. The van der Waals surface area contributed by atoms with E-state index in [1.807, 2.05) is 13.0 Å². The molecule has 0 radical (unpaired) electrons. The van der Waals surface area contributed by atoms with Crippen LogP contribution in [0.3, 0.4) is 0 Å². The van der Waals surface area contributed by atoms with Gasteiger partial charge in [0.05, 0.1) is 0 Å². The number of nitrogens with one attached hydrogen (secondary N) is 1. The molecule has 0 aliphatic heterocycles. The summed E-state index contributed by atoms with van der Waals surface area (Å²) in [7, 11) is 0. The van der Waals surface area contributed by atoms with Crippen LogP contribution >= 0.6 is 11.5 Å². The van der Waals surface area contributed by atoms with Crippen LogP contribution in [0.2, 0.25) is 0 Å². The largest absolute Gasteiger partial charge is 0.351 e. The molecule has 2 aromatic carbocycles. The Kier molecular flexibility index (Phi) is 6.36. The van der Waals surface area contributed by atoms with E-state index in [0.29, 0.717) is 5.69 Å². The zero-order valence-corrected chi connectivity index (χ0v) is 17.9. The van der Waals surface area contributed by atoms with Crippen LogP contribution in [0, 0.1) is 12.7 Å². The average molecular weight is 439 g/mol. The molecule has 0 unspecified atom stereocenters. The molecule has 2 amide bonds. The second-order valence-electron chi connectivity index (χ2n) is 7.72. The molecule has 0 saturated heterocycles. The number of hydrogen-bond acceptors (Lipinski definition) is 5. The van der Waals surface area contributed by atoms with Gasteiger partial charge < -0.3 is 5.32 Å². The third-order valence-corrected chi connectivity index (χ3v) is 5.99. The van der Waals surface area contributed by atoms with Gasteiger partial charge >= 0.3 is 0 Å². The van der Waals surface area contributed by atoms with Gasteiger partial charge in [-0.05, 0) is 55.1 Å². The van der Waals surface area contributed by atoms with Crippen LogP contribution in [0.1, 0.15) is 53.3 Å². The second-order valence-corrected chi connectivity index (χ2v) is 8.33. The molecule has 1 heterocycles. The molecule has 3 aromatic rings. The zero-order chi connectivity index (χ0) is 21.8. The average Bonchev–Trinajstić information content (AvgIpc) is 3.46. The number of halogens is 1. The molecule has 0 spiro atoms. The van der Waals surface area contributed by atoms with Crippen molar-refractivity contribution in [2.75, 3.05) is 4.90 Å². The van der Waals surface area contributed by atoms with E-state index in [-0.39, 0.29) is 17.3 Å². The fourth-order valence-corrected chi connectivity index (χ4v) is 4.42. The van der Waals surface area contributed by atoms with E-state index in [4.69, 9.17) is 0 Å². The van der Waals surface area contributed by atoms with E-state index in [0.717, 1.165) is 42.8 Å². The van der Waals surface area contributed by atoms with Gasteiger partial charge in [0.2, 0.25) is 5.91 Å². The fourth-order valence-electron chi connectivity index (χ4n) is 3.99. The number of aryl methyl sites for hydroxylation is 1. The van der Waals surface area contributed by atoms with Crippen molar-refractivity contribution in [3.05, 3.63) is 76.5 Å². The Bertz CT molecular complexity index is 1070. The molecule has 1 aliphatic rings. The lowest BCUT2D eigenvalue weighted by molar-refractivity contribution is -0.123. The van der Waals surface area contributed by atoms with Crippen LogP contribution in [-0.2, 0) is 4.79 Å². The number of hydrogen-bond donors (Lipinski definition) is 1. The Morgan fingerprint density at radius 1 is 1.16 bits per heavy atom. The summed E-state index contributed by atoms with van der Waals surface area (Å²) < 4.78 is 18.7. The Balaban J connectivity index is 1.83. The highest BCUT2D eigenvalue weighted by Gasteiger charge is 2.37. The van der Waals surface area contributed by atoms with Gasteiger partial charge in [0.15, 0.2) is 5.69 Å². The van der Waals surface area contributed by atoms with E-state index in [1.165, 1.54) is 16.3 Å². The number of carbonyl (C=O) groups excluding carboxylic acids is 2. The highest BCUT2D eigenvalue weighted by molar-refractivity contribution is 7.03. The smallest absolute Gasteiger partial charge is 0.280 e. The molecule has 0 bridgehead atoms. The summed E-state index contributed by atoms with van der Waals surface area (Å²) in [6.45, 7) is 1.90. The van der Waals surface area contributed by atoms with E-state index >= 15 is 0 Å². The van der Waals surface area contributed by atoms with Gasteiger partial charge in [-0.1, -0.05) is 47.7 Å². The maximum absolute atomic E-state index is 14.9. The topological polar surface area (TPSA) is 75.2 Å². The van der Waals surface area contributed by atoms with Crippen LogP contribution < -0.4 is 10.2 Å². The van der Waals surface area contributed by atoms with Gasteiger partial charge in [0.25, 0.3) is 5.91 Å². The summed E-state index contributed by atoms with van der Waals surface area (Å²) in [6, 6.07) is 12.2. The number of benzene rings is 2. The van der Waals surface area contributed by atoms with Gasteiger partial charge in [-0.25, -0.2) is 4.39 Å². The highest BCUT2D eigenvalue weighted by atomic mass is 32.1. The number of carbonyl (C=O) groups is 2.